The van der Waals surface area contributed by atoms with Crippen molar-refractivity contribution in [1.29, 1.82) is 0 Å². The van der Waals surface area contributed by atoms with E-state index in [1.54, 1.807) is 19.2 Å². The molecule has 0 radical (unpaired) electrons. The average molecular weight is 507 g/mol. The predicted molar refractivity (Wildman–Crippen MR) is 149 cm³/mol. The maximum absolute atomic E-state index is 13.8. The van der Waals surface area contributed by atoms with Gasteiger partial charge in [0, 0.05) is 17.4 Å². The van der Waals surface area contributed by atoms with Crippen LogP contribution in [0.2, 0.25) is 0 Å². The summed E-state index contributed by atoms with van der Waals surface area (Å²) in [5, 5.41) is 0. The molecule has 4 aromatic carbocycles. The maximum Gasteiger partial charge on any atom is 0.265 e. The van der Waals surface area contributed by atoms with Gasteiger partial charge in [-0.2, -0.15) is 0 Å². The summed E-state index contributed by atoms with van der Waals surface area (Å²) in [6, 6.07) is 33.6. The second-order valence-electron chi connectivity index (χ2n) is 9.24. The molecule has 0 bridgehead atoms. The minimum absolute atomic E-state index is 0.101. The summed E-state index contributed by atoms with van der Waals surface area (Å²) in [4.78, 5) is 31.2. The number of fused-ring (bicyclic) bond motifs is 1. The smallest absolute Gasteiger partial charge is 0.265 e. The highest BCUT2D eigenvalue weighted by molar-refractivity contribution is 6.09. The Kier molecular flexibility index (Phi) is 7.40. The predicted octanol–water partition coefficient (Wildman–Crippen LogP) is 6.29. The molecule has 0 saturated heterocycles. The third-order valence-electron chi connectivity index (χ3n) is 6.84. The second kappa shape index (κ2) is 11.2. The van der Waals surface area contributed by atoms with Crippen LogP contribution in [0.5, 0.6) is 11.5 Å². The lowest BCUT2D eigenvalue weighted by atomic mass is 9.89. The standard InChI is InChI=1S/C32H30N2O4/c1-23-21-29(34(24-13-5-3-6-14-24)31(35)22-38-25-15-7-4-8-16-25)26-17-9-11-19-28(26)33(23)32(36)27-18-10-12-20-30(27)37-2/h3-20,23,29H,21-22H2,1-2H3/t23-,29+/m0/s1. The van der Waals surface area contributed by atoms with Crippen LogP contribution < -0.4 is 19.3 Å². The molecule has 0 aliphatic carbocycles. The Balaban J connectivity index is 1.52. The summed E-state index contributed by atoms with van der Waals surface area (Å²) in [5.41, 5.74) is 2.98. The number of amides is 2. The number of ether oxygens (including phenoxy) is 2. The first-order chi connectivity index (χ1) is 18.6. The van der Waals surface area contributed by atoms with E-state index in [-0.39, 0.29) is 30.5 Å². The normalized spacial score (nSPS) is 16.3. The van der Waals surface area contributed by atoms with Gasteiger partial charge < -0.3 is 19.3 Å². The highest BCUT2D eigenvalue weighted by atomic mass is 16.5. The zero-order valence-electron chi connectivity index (χ0n) is 21.5. The van der Waals surface area contributed by atoms with E-state index in [1.165, 1.54) is 0 Å². The van der Waals surface area contributed by atoms with Gasteiger partial charge in [0.2, 0.25) is 0 Å². The molecule has 0 spiro atoms. The van der Waals surface area contributed by atoms with E-state index in [9.17, 15) is 9.59 Å². The van der Waals surface area contributed by atoms with Gasteiger partial charge in [-0.3, -0.25) is 9.59 Å². The third-order valence-corrected chi connectivity index (χ3v) is 6.84. The van der Waals surface area contributed by atoms with E-state index >= 15 is 0 Å². The highest BCUT2D eigenvalue weighted by Gasteiger charge is 2.39. The fourth-order valence-electron chi connectivity index (χ4n) is 5.10. The number of methoxy groups -OCH3 is 1. The molecule has 2 amide bonds. The van der Waals surface area contributed by atoms with Crippen molar-refractivity contribution in [1.82, 2.24) is 0 Å². The Labute approximate surface area is 223 Å². The lowest BCUT2D eigenvalue weighted by Crippen LogP contribution is -2.48. The van der Waals surface area contributed by atoms with Gasteiger partial charge in [-0.05, 0) is 61.4 Å². The molecule has 0 N–H and O–H groups in total. The quantitative estimate of drug-likeness (QED) is 0.296. The first kappa shape index (κ1) is 25.1. The van der Waals surface area contributed by atoms with E-state index in [4.69, 9.17) is 9.47 Å². The molecule has 0 aromatic heterocycles. The second-order valence-corrected chi connectivity index (χ2v) is 9.24. The molecule has 0 saturated carbocycles. The van der Waals surface area contributed by atoms with Gasteiger partial charge >= 0.3 is 0 Å². The fraction of sp³-hybridized carbons (Fsp3) is 0.188. The molecular formula is C32H30N2O4. The first-order valence-corrected chi connectivity index (χ1v) is 12.7. The third kappa shape index (κ3) is 4.98. The number of para-hydroxylation sites is 4. The Morgan fingerprint density at radius 1 is 0.842 bits per heavy atom. The molecule has 192 valence electrons. The van der Waals surface area contributed by atoms with Crippen LogP contribution in [0.3, 0.4) is 0 Å². The molecule has 4 aromatic rings. The van der Waals surface area contributed by atoms with Crippen LogP contribution in [0, 0.1) is 0 Å². The number of rotatable bonds is 7. The van der Waals surface area contributed by atoms with Crippen LogP contribution >= 0.6 is 0 Å². The van der Waals surface area contributed by atoms with Crippen LogP contribution in [0.4, 0.5) is 11.4 Å². The van der Waals surface area contributed by atoms with Crippen LogP contribution in [0.25, 0.3) is 0 Å². The van der Waals surface area contributed by atoms with Gasteiger partial charge in [0.25, 0.3) is 11.8 Å². The van der Waals surface area contributed by atoms with Crippen LogP contribution in [-0.4, -0.2) is 31.6 Å². The maximum atomic E-state index is 13.8. The summed E-state index contributed by atoms with van der Waals surface area (Å²) in [6.45, 7) is 1.92. The summed E-state index contributed by atoms with van der Waals surface area (Å²) in [6.07, 6.45) is 0.559. The van der Waals surface area contributed by atoms with Gasteiger partial charge in [-0.1, -0.05) is 66.7 Å². The molecule has 0 fully saturated rings. The fourth-order valence-corrected chi connectivity index (χ4v) is 5.10. The Morgan fingerprint density at radius 2 is 1.47 bits per heavy atom. The number of anilines is 2. The van der Waals surface area contributed by atoms with Crippen molar-refractivity contribution in [2.45, 2.75) is 25.4 Å². The monoisotopic (exact) mass is 506 g/mol. The molecule has 1 heterocycles. The first-order valence-electron chi connectivity index (χ1n) is 12.7. The molecule has 1 aliphatic heterocycles. The molecule has 0 unspecified atom stereocenters. The number of hydrogen-bond donors (Lipinski definition) is 0. The minimum atomic E-state index is -0.280. The molecule has 2 atom stereocenters. The topological polar surface area (TPSA) is 59.1 Å². The van der Waals surface area contributed by atoms with Crippen molar-refractivity contribution >= 4 is 23.2 Å². The van der Waals surface area contributed by atoms with E-state index in [0.717, 1.165) is 16.9 Å². The van der Waals surface area contributed by atoms with E-state index in [1.807, 2.05) is 114 Å². The van der Waals surface area contributed by atoms with E-state index in [2.05, 4.69) is 0 Å². The van der Waals surface area contributed by atoms with Crippen LogP contribution in [-0.2, 0) is 4.79 Å². The zero-order valence-corrected chi connectivity index (χ0v) is 21.5. The van der Waals surface area contributed by atoms with E-state index < -0.39 is 0 Å². The van der Waals surface area contributed by atoms with Gasteiger partial charge in [-0.25, -0.2) is 0 Å². The Morgan fingerprint density at radius 3 is 2.21 bits per heavy atom. The van der Waals surface area contributed by atoms with Gasteiger partial charge in [0.05, 0.1) is 18.7 Å². The molecule has 6 heteroatoms. The Bertz CT molecular complexity index is 1410. The molecular weight excluding hydrogens is 476 g/mol. The van der Waals surface area contributed by atoms with Crippen molar-refractivity contribution in [3.05, 3.63) is 120 Å². The Hall–Kier alpha value is -4.58. The van der Waals surface area contributed by atoms with Crippen molar-refractivity contribution in [2.75, 3.05) is 23.5 Å². The number of hydrogen-bond acceptors (Lipinski definition) is 4. The molecule has 38 heavy (non-hydrogen) atoms. The molecule has 6 nitrogen and oxygen atoms in total. The van der Waals surface area contributed by atoms with Gasteiger partial charge in [0.15, 0.2) is 6.61 Å². The minimum Gasteiger partial charge on any atom is -0.496 e. The van der Waals surface area contributed by atoms with Crippen LogP contribution in [0.1, 0.15) is 35.3 Å². The zero-order chi connectivity index (χ0) is 26.5. The summed E-state index contributed by atoms with van der Waals surface area (Å²) >= 11 is 0. The summed E-state index contributed by atoms with van der Waals surface area (Å²) in [5.74, 6) is 0.880. The SMILES string of the molecule is COc1ccccc1C(=O)N1c2ccccc2[C@H](N(C(=O)COc2ccccc2)c2ccccc2)C[C@@H]1C. The summed E-state index contributed by atoms with van der Waals surface area (Å²) in [7, 11) is 1.57. The van der Waals surface area contributed by atoms with Gasteiger partial charge in [-0.15, -0.1) is 0 Å². The molecule has 1 aliphatic rings. The van der Waals surface area contributed by atoms with Crippen LogP contribution in [0.15, 0.2) is 109 Å². The lowest BCUT2D eigenvalue weighted by molar-refractivity contribution is -0.121. The number of nitrogens with zero attached hydrogens (tertiary/aromatic N) is 2. The lowest BCUT2D eigenvalue weighted by Gasteiger charge is -2.43. The van der Waals surface area contributed by atoms with Crippen molar-refractivity contribution in [2.24, 2.45) is 0 Å². The molecule has 5 rings (SSSR count). The van der Waals surface area contributed by atoms with E-state index in [0.29, 0.717) is 23.5 Å². The largest absolute Gasteiger partial charge is 0.496 e. The summed E-state index contributed by atoms with van der Waals surface area (Å²) < 4.78 is 11.3. The average Bonchev–Trinajstić information content (AvgIpc) is 2.97. The highest BCUT2D eigenvalue weighted by Crippen LogP contribution is 2.43. The van der Waals surface area contributed by atoms with Gasteiger partial charge in [0.1, 0.15) is 11.5 Å². The number of benzene rings is 4. The number of carbonyl (C=O) groups excluding carboxylic acids is 2. The number of carbonyl (C=O) groups is 2. The van der Waals surface area contributed by atoms with Crippen molar-refractivity contribution < 1.29 is 19.1 Å². The van der Waals surface area contributed by atoms with Crippen molar-refractivity contribution in [3.63, 3.8) is 0 Å². The van der Waals surface area contributed by atoms with Crippen molar-refractivity contribution in [3.8, 4) is 11.5 Å².